The summed E-state index contributed by atoms with van der Waals surface area (Å²) in [5.41, 5.74) is 1.69. The molecule has 2 heterocycles. The van der Waals surface area contributed by atoms with Crippen molar-refractivity contribution in [1.29, 1.82) is 0 Å². The second-order valence-corrected chi connectivity index (χ2v) is 10.1. The number of piperidine rings is 1. The standard InChI is InChI=1S/C20H27N3O4S2/c1-14-6-7-18(27-3)17(13-14)21-20(24)15(2)23-10-8-16(9-11-23)22-29(25,26)19-5-4-12-28-19/h4-7,12-13,15-16,22H,8-11H2,1-3H3,(H,21,24). The number of ether oxygens (including phenoxy) is 1. The Labute approximate surface area is 176 Å². The van der Waals surface area contributed by atoms with Gasteiger partial charge in [-0.2, -0.15) is 0 Å². The van der Waals surface area contributed by atoms with Crippen molar-refractivity contribution in [1.82, 2.24) is 9.62 Å². The number of hydrogen-bond acceptors (Lipinski definition) is 6. The zero-order valence-electron chi connectivity index (χ0n) is 16.8. The zero-order chi connectivity index (χ0) is 21.0. The molecule has 3 rings (SSSR count). The average Bonchev–Trinajstić information content (AvgIpc) is 3.24. The molecule has 2 N–H and O–H groups in total. The molecule has 1 unspecified atom stereocenters. The second kappa shape index (κ2) is 9.25. The van der Waals surface area contributed by atoms with Crippen LogP contribution in [0.3, 0.4) is 0 Å². The fraction of sp³-hybridized carbons (Fsp3) is 0.450. The van der Waals surface area contributed by atoms with Crippen molar-refractivity contribution in [2.24, 2.45) is 0 Å². The Balaban J connectivity index is 1.55. The van der Waals surface area contributed by atoms with E-state index in [0.717, 1.165) is 5.56 Å². The van der Waals surface area contributed by atoms with Crippen LogP contribution in [0.1, 0.15) is 25.3 Å². The summed E-state index contributed by atoms with van der Waals surface area (Å²) in [4.78, 5) is 14.8. The molecule has 1 aliphatic heterocycles. The highest BCUT2D eigenvalue weighted by Gasteiger charge is 2.29. The van der Waals surface area contributed by atoms with E-state index in [0.29, 0.717) is 41.6 Å². The predicted octanol–water partition coefficient (Wildman–Crippen LogP) is 2.84. The first-order chi connectivity index (χ1) is 13.8. The Kier molecular flexibility index (Phi) is 6.94. The molecule has 0 radical (unpaired) electrons. The molecule has 1 amide bonds. The monoisotopic (exact) mass is 437 g/mol. The normalized spacial score (nSPS) is 17.1. The summed E-state index contributed by atoms with van der Waals surface area (Å²) in [7, 11) is -1.89. The Bertz CT molecular complexity index is 937. The van der Waals surface area contributed by atoms with Gasteiger partial charge in [-0.05, 0) is 55.8 Å². The first-order valence-electron chi connectivity index (χ1n) is 9.55. The number of carbonyl (C=O) groups is 1. The highest BCUT2D eigenvalue weighted by atomic mass is 32.2. The number of rotatable bonds is 7. The number of likely N-dealkylation sites (tertiary alicyclic amines) is 1. The number of benzene rings is 1. The summed E-state index contributed by atoms with van der Waals surface area (Å²) >= 11 is 1.21. The van der Waals surface area contributed by atoms with Gasteiger partial charge in [0.15, 0.2) is 0 Å². The number of nitrogens with zero attached hydrogens (tertiary/aromatic N) is 1. The van der Waals surface area contributed by atoms with Gasteiger partial charge in [0.05, 0.1) is 18.8 Å². The van der Waals surface area contributed by atoms with E-state index in [4.69, 9.17) is 4.74 Å². The number of methoxy groups -OCH3 is 1. The van der Waals surface area contributed by atoms with Crippen LogP contribution < -0.4 is 14.8 Å². The number of carbonyl (C=O) groups excluding carboxylic acids is 1. The lowest BCUT2D eigenvalue weighted by molar-refractivity contribution is -0.121. The van der Waals surface area contributed by atoms with Crippen molar-refractivity contribution in [2.45, 2.75) is 43.0 Å². The molecule has 1 aliphatic rings. The van der Waals surface area contributed by atoms with E-state index in [-0.39, 0.29) is 18.0 Å². The highest BCUT2D eigenvalue weighted by molar-refractivity contribution is 7.91. The number of thiophene rings is 1. The van der Waals surface area contributed by atoms with Crippen LogP contribution in [0.4, 0.5) is 5.69 Å². The summed E-state index contributed by atoms with van der Waals surface area (Å²) in [6.45, 7) is 5.13. The number of amides is 1. The Hall–Kier alpha value is -1.94. The van der Waals surface area contributed by atoms with Gasteiger partial charge in [0, 0.05) is 19.1 Å². The van der Waals surface area contributed by atoms with Crippen LogP contribution in [0.15, 0.2) is 39.9 Å². The van der Waals surface area contributed by atoms with Crippen molar-refractivity contribution < 1.29 is 17.9 Å². The second-order valence-electron chi connectivity index (χ2n) is 7.23. The smallest absolute Gasteiger partial charge is 0.250 e. The van der Waals surface area contributed by atoms with Gasteiger partial charge in [-0.1, -0.05) is 12.1 Å². The lowest BCUT2D eigenvalue weighted by atomic mass is 10.0. The van der Waals surface area contributed by atoms with Crippen LogP contribution in [-0.4, -0.2) is 51.5 Å². The molecule has 158 valence electrons. The SMILES string of the molecule is COc1ccc(C)cc1NC(=O)C(C)N1CCC(NS(=O)(=O)c2cccs2)CC1. The van der Waals surface area contributed by atoms with E-state index in [1.807, 2.05) is 32.0 Å². The lowest BCUT2D eigenvalue weighted by Gasteiger charge is -2.35. The molecule has 0 aliphatic carbocycles. The fourth-order valence-corrected chi connectivity index (χ4v) is 5.74. The van der Waals surface area contributed by atoms with Crippen LogP contribution >= 0.6 is 11.3 Å². The van der Waals surface area contributed by atoms with Gasteiger partial charge in [0.2, 0.25) is 15.9 Å². The van der Waals surface area contributed by atoms with Gasteiger partial charge in [0.1, 0.15) is 9.96 Å². The molecule has 0 saturated carbocycles. The summed E-state index contributed by atoms with van der Waals surface area (Å²) in [5, 5.41) is 4.70. The maximum atomic E-state index is 12.7. The first-order valence-corrected chi connectivity index (χ1v) is 11.9. The average molecular weight is 438 g/mol. The Morgan fingerprint density at radius 2 is 2.00 bits per heavy atom. The van der Waals surface area contributed by atoms with Gasteiger partial charge in [-0.25, -0.2) is 13.1 Å². The zero-order valence-corrected chi connectivity index (χ0v) is 18.5. The van der Waals surface area contributed by atoms with Crippen LogP contribution in [0.5, 0.6) is 5.75 Å². The number of hydrogen-bond donors (Lipinski definition) is 2. The van der Waals surface area contributed by atoms with Gasteiger partial charge >= 0.3 is 0 Å². The van der Waals surface area contributed by atoms with E-state index in [9.17, 15) is 13.2 Å². The minimum atomic E-state index is -3.47. The summed E-state index contributed by atoms with van der Waals surface area (Å²) in [6.07, 6.45) is 1.33. The van der Waals surface area contributed by atoms with Gasteiger partial charge < -0.3 is 10.1 Å². The van der Waals surface area contributed by atoms with Gasteiger partial charge in [0.25, 0.3) is 0 Å². The molecule has 1 saturated heterocycles. The van der Waals surface area contributed by atoms with Crippen molar-refractivity contribution in [3.05, 3.63) is 41.3 Å². The van der Waals surface area contributed by atoms with Gasteiger partial charge in [-0.3, -0.25) is 9.69 Å². The van der Waals surface area contributed by atoms with E-state index in [1.165, 1.54) is 11.3 Å². The minimum Gasteiger partial charge on any atom is -0.495 e. The molecule has 29 heavy (non-hydrogen) atoms. The molecule has 7 nitrogen and oxygen atoms in total. The molecule has 1 aromatic heterocycles. The number of aryl methyl sites for hydroxylation is 1. The maximum Gasteiger partial charge on any atom is 0.250 e. The molecule has 2 aromatic rings. The largest absolute Gasteiger partial charge is 0.495 e. The maximum absolute atomic E-state index is 12.7. The van der Waals surface area contributed by atoms with Crippen LogP contribution in [0.2, 0.25) is 0 Å². The van der Waals surface area contributed by atoms with E-state index in [2.05, 4.69) is 14.9 Å². The molecule has 0 spiro atoms. The Morgan fingerprint density at radius 3 is 2.62 bits per heavy atom. The molecule has 1 aromatic carbocycles. The van der Waals surface area contributed by atoms with E-state index < -0.39 is 10.0 Å². The van der Waals surface area contributed by atoms with Crippen LogP contribution in [0.25, 0.3) is 0 Å². The van der Waals surface area contributed by atoms with Crippen molar-refractivity contribution in [3.63, 3.8) is 0 Å². The third-order valence-electron chi connectivity index (χ3n) is 5.15. The summed E-state index contributed by atoms with van der Waals surface area (Å²) in [5.74, 6) is 0.518. The number of nitrogens with one attached hydrogen (secondary N) is 2. The Morgan fingerprint density at radius 1 is 1.28 bits per heavy atom. The van der Waals surface area contributed by atoms with Crippen molar-refractivity contribution >= 4 is 33.0 Å². The molecular formula is C20H27N3O4S2. The van der Waals surface area contributed by atoms with Gasteiger partial charge in [-0.15, -0.1) is 11.3 Å². The van der Waals surface area contributed by atoms with Crippen LogP contribution in [-0.2, 0) is 14.8 Å². The van der Waals surface area contributed by atoms with Crippen LogP contribution in [0, 0.1) is 6.92 Å². The third kappa shape index (κ3) is 5.36. The van der Waals surface area contributed by atoms with E-state index in [1.54, 1.807) is 24.6 Å². The molecule has 9 heteroatoms. The minimum absolute atomic E-state index is 0.105. The lowest BCUT2D eigenvalue weighted by Crippen LogP contribution is -2.50. The number of sulfonamides is 1. The van der Waals surface area contributed by atoms with E-state index >= 15 is 0 Å². The molecule has 1 fully saturated rings. The third-order valence-corrected chi connectivity index (χ3v) is 8.07. The number of anilines is 1. The van der Waals surface area contributed by atoms with Crippen molar-refractivity contribution in [3.8, 4) is 5.75 Å². The predicted molar refractivity (Wildman–Crippen MR) is 115 cm³/mol. The molecule has 0 bridgehead atoms. The first kappa shape index (κ1) is 21.8. The quantitative estimate of drug-likeness (QED) is 0.696. The highest BCUT2D eigenvalue weighted by Crippen LogP contribution is 2.26. The topological polar surface area (TPSA) is 87.7 Å². The fourth-order valence-electron chi connectivity index (χ4n) is 3.42. The summed E-state index contributed by atoms with van der Waals surface area (Å²) < 4.78 is 33.2. The van der Waals surface area contributed by atoms with Crippen molar-refractivity contribution in [2.75, 3.05) is 25.5 Å². The summed E-state index contributed by atoms with van der Waals surface area (Å²) in [6, 6.07) is 8.54. The molecular weight excluding hydrogens is 410 g/mol. The molecule has 1 atom stereocenters.